The number of amides is 3. The highest BCUT2D eigenvalue weighted by molar-refractivity contribution is 8.00. The van der Waals surface area contributed by atoms with E-state index < -0.39 is 63.2 Å². The Labute approximate surface area is 330 Å². The minimum absolute atomic E-state index is 0.0300. The van der Waals surface area contributed by atoms with Gasteiger partial charge in [-0.3, -0.25) is 14.5 Å². The number of nitrogens with zero attached hydrogens (tertiary/aromatic N) is 2. The predicted octanol–water partition coefficient (Wildman–Crippen LogP) is 6.55. The molecule has 0 spiro atoms. The standard InChI is InChI=1S/C42H41N3O9S2/c1-27-20-22-32(23-21-27)56(50,51)52-25-24-31-26-55-39-35(45(41(49)54-42(2,3)4)37(46)33(43)28-14-8-5-9-15-28)38(47)44(39)34(31)40(48)53-36(29-16-10-6-11-17-29)30-18-12-7-13-19-30/h5-25,33,35-36,39H,26,43H2,1-4H3/t33-,35?,39?/m0/s1. The van der Waals surface area contributed by atoms with E-state index in [1.54, 1.807) is 112 Å². The van der Waals surface area contributed by atoms with Gasteiger partial charge in [-0.1, -0.05) is 109 Å². The maximum atomic E-state index is 14.5. The number of esters is 1. The number of hydrogen-bond donors (Lipinski definition) is 1. The fourth-order valence-electron chi connectivity index (χ4n) is 6.14. The Morgan fingerprint density at radius 2 is 1.39 bits per heavy atom. The highest BCUT2D eigenvalue weighted by Crippen LogP contribution is 2.44. The van der Waals surface area contributed by atoms with E-state index in [4.69, 9.17) is 19.4 Å². The van der Waals surface area contributed by atoms with Crippen LogP contribution in [0.3, 0.4) is 0 Å². The summed E-state index contributed by atoms with van der Waals surface area (Å²) >= 11 is 1.15. The number of β-lactam (4-membered cyclic amide) rings is 1. The quantitative estimate of drug-likeness (QED) is 0.0759. The molecule has 3 atom stereocenters. The van der Waals surface area contributed by atoms with Gasteiger partial charge < -0.3 is 19.4 Å². The van der Waals surface area contributed by atoms with Gasteiger partial charge in [-0.05, 0) is 68.2 Å². The molecule has 12 nitrogen and oxygen atoms in total. The van der Waals surface area contributed by atoms with Gasteiger partial charge in [0.1, 0.15) is 33.9 Å². The van der Waals surface area contributed by atoms with Crippen molar-refractivity contribution in [1.29, 1.82) is 0 Å². The second-order valence-corrected chi connectivity index (χ2v) is 16.8. The monoisotopic (exact) mass is 795 g/mol. The summed E-state index contributed by atoms with van der Waals surface area (Å²) in [7, 11) is -4.23. The summed E-state index contributed by atoms with van der Waals surface area (Å²) in [6.45, 7) is 6.70. The number of imide groups is 1. The number of rotatable bonds is 11. The van der Waals surface area contributed by atoms with E-state index in [9.17, 15) is 27.6 Å². The summed E-state index contributed by atoms with van der Waals surface area (Å²) in [5.74, 6) is -2.52. The highest BCUT2D eigenvalue weighted by atomic mass is 32.2. The Morgan fingerprint density at radius 3 is 1.93 bits per heavy atom. The third-order valence-electron chi connectivity index (χ3n) is 8.88. The molecule has 0 saturated carbocycles. The van der Waals surface area contributed by atoms with Crippen molar-refractivity contribution >= 4 is 45.8 Å². The average molecular weight is 796 g/mol. The third-order valence-corrected chi connectivity index (χ3v) is 11.4. The van der Waals surface area contributed by atoms with Crippen molar-refractivity contribution < 1.29 is 41.3 Å². The van der Waals surface area contributed by atoms with Gasteiger partial charge in [-0.25, -0.2) is 14.5 Å². The molecule has 0 radical (unpaired) electrons. The van der Waals surface area contributed by atoms with Crippen molar-refractivity contribution in [2.24, 2.45) is 5.73 Å². The van der Waals surface area contributed by atoms with E-state index in [2.05, 4.69) is 0 Å². The number of benzene rings is 4. The second-order valence-electron chi connectivity index (χ2n) is 14.1. The van der Waals surface area contributed by atoms with Crippen LogP contribution in [0.15, 0.2) is 144 Å². The maximum absolute atomic E-state index is 14.5. The van der Waals surface area contributed by atoms with Crippen LogP contribution in [0.5, 0.6) is 0 Å². The van der Waals surface area contributed by atoms with Crippen molar-refractivity contribution in [2.75, 3.05) is 5.75 Å². The summed E-state index contributed by atoms with van der Waals surface area (Å²) in [5, 5.41) is -0.953. The molecule has 2 aliphatic heterocycles. The molecule has 0 aliphatic carbocycles. The molecule has 2 N–H and O–H groups in total. The highest BCUT2D eigenvalue weighted by Gasteiger charge is 2.59. The number of ether oxygens (including phenoxy) is 2. The van der Waals surface area contributed by atoms with Crippen molar-refractivity contribution in [3.8, 4) is 0 Å². The number of nitrogens with two attached hydrogens (primary N) is 1. The lowest BCUT2D eigenvalue weighted by Gasteiger charge is -2.52. The summed E-state index contributed by atoms with van der Waals surface area (Å²) in [6.07, 6.45) is 0.245. The zero-order valence-electron chi connectivity index (χ0n) is 31.1. The zero-order valence-corrected chi connectivity index (χ0v) is 32.7. The zero-order chi connectivity index (χ0) is 40.2. The van der Waals surface area contributed by atoms with Crippen LogP contribution in [0.25, 0.3) is 0 Å². The van der Waals surface area contributed by atoms with Gasteiger partial charge in [0.05, 0.1) is 0 Å². The van der Waals surface area contributed by atoms with E-state index >= 15 is 0 Å². The van der Waals surface area contributed by atoms with E-state index in [-0.39, 0.29) is 21.9 Å². The van der Waals surface area contributed by atoms with Gasteiger partial charge in [0.2, 0.25) is 0 Å². The van der Waals surface area contributed by atoms with Gasteiger partial charge in [0.15, 0.2) is 12.1 Å². The summed E-state index contributed by atoms with van der Waals surface area (Å²) in [5.41, 5.74) is 7.94. The van der Waals surface area contributed by atoms with Crippen LogP contribution in [0.1, 0.15) is 55.2 Å². The molecule has 4 aromatic rings. The molecule has 14 heteroatoms. The molecule has 4 aromatic carbocycles. The lowest BCUT2D eigenvalue weighted by Crippen LogP contribution is -2.73. The number of thioether (sulfide) groups is 1. The second kappa shape index (κ2) is 16.6. The number of fused-ring (bicyclic) bond motifs is 1. The van der Waals surface area contributed by atoms with Crippen LogP contribution in [0.4, 0.5) is 4.79 Å². The minimum Gasteiger partial charge on any atom is -0.448 e. The van der Waals surface area contributed by atoms with Crippen molar-refractivity contribution in [3.05, 3.63) is 161 Å². The fraction of sp³-hybridized carbons (Fsp3) is 0.238. The van der Waals surface area contributed by atoms with E-state index in [1.807, 2.05) is 19.1 Å². The maximum Gasteiger partial charge on any atom is 0.417 e. The SMILES string of the molecule is Cc1ccc(S(=O)(=O)OC=CC2=C(C(=O)OC(c3ccccc3)c3ccccc3)N3C(=O)C(N(C(=O)OC(C)(C)C)C(=O)[C@@H](N)c4ccccc4)C3SC2)cc1. The van der Waals surface area contributed by atoms with Crippen LogP contribution < -0.4 is 5.73 Å². The number of carbonyl (C=O) groups excluding carboxylic acids is 4. The molecule has 2 heterocycles. The molecule has 0 aromatic heterocycles. The van der Waals surface area contributed by atoms with Crippen molar-refractivity contribution in [3.63, 3.8) is 0 Å². The van der Waals surface area contributed by atoms with Gasteiger partial charge in [0.25, 0.3) is 11.8 Å². The normalized spacial score (nSPS) is 17.5. The molecule has 1 fully saturated rings. The molecule has 56 heavy (non-hydrogen) atoms. The minimum atomic E-state index is -4.23. The summed E-state index contributed by atoms with van der Waals surface area (Å²) in [6, 6.07) is 29.8. The Morgan fingerprint density at radius 1 is 0.857 bits per heavy atom. The van der Waals surface area contributed by atoms with Crippen molar-refractivity contribution in [2.45, 2.75) is 61.8 Å². The molecule has 2 unspecified atom stereocenters. The first-order valence-corrected chi connectivity index (χ1v) is 20.1. The predicted molar refractivity (Wildman–Crippen MR) is 210 cm³/mol. The van der Waals surface area contributed by atoms with E-state index in [1.165, 1.54) is 18.2 Å². The average Bonchev–Trinajstić information content (AvgIpc) is 3.18. The van der Waals surface area contributed by atoms with Crippen LogP contribution in [-0.4, -0.2) is 64.9 Å². The molecule has 290 valence electrons. The summed E-state index contributed by atoms with van der Waals surface area (Å²) < 4.78 is 43.0. The Bertz CT molecular complexity index is 2220. The number of carbonyl (C=O) groups is 4. The lowest BCUT2D eigenvalue weighted by atomic mass is 9.98. The van der Waals surface area contributed by atoms with E-state index in [0.29, 0.717) is 16.7 Å². The molecular formula is C42H41N3O9S2. The van der Waals surface area contributed by atoms with Crippen molar-refractivity contribution in [1.82, 2.24) is 9.80 Å². The molecule has 2 aliphatic rings. The summed E-state index contributed by atoms with van der Waals surface area (Å²) in [4.78, 5) is 58.5. The number of aryl methyl sites for hydroxylation is 1. The van der Waals surface area contributed by atoms with Gasteiger partial charge >= 0.3 is 22.2 Å². The molecule has 1 saturated heterocycles. The molecule has 0 bridgehead atoms. The van der Waals surface area contributed by atoms with E-state index in [0.717, 1.165) is 33.4 Å². The first kappa shape index (κ1) is 40.0. The van der Waals surface area contributed by atoms with Crippen LogP contribution in [-0.2, 0) is 38.2 Å². The molecule has 6 rings (SSSR count). The van der Waals surface area contributed by atoms with Crippen LogP contribution >= 0.6 is 11.8 Å². The Balaban J connectivity index is 1.38. The first-order chi connectivity index (χ1) is 26.7. The third kappa shape index (κ3) is 8.72. The Kier molecular flexibility index (Phi) is 11.8. The lowest BCUT2D eigenvalue weighted by molar-refractivity contribution is -0.161. The Hall–Kier alpha value is -5.70. The van der Waals surface area contributed by atoms with Crippen LogP contribution in [0.2, 0.25) is 0 Å². The molecular weight excluding hydrogens is 755 g/mol. The van der Waals surface area contributed by atoms with Gasteiger partial charge in [-0.2, -0.15) is 8.42 Å². The molecule has 3 amide bonds. The largest absolute Gasteiger partial charge is 0.448 e. The number of allylic oxidation sites excluding steroid dienone is 1. The van der Waals surface area contributed by atoms with Gasteiger partial charge in [-0.15, -0.1) is 11.8 Å². The topological polar surface area (TPSA) is 163 Å². The van der Waals surface area contributed by atoms with Crippen LogP contribution in [0, 0.1) is 6.92 Å². The number of hydrogen-bond acceptors (Lipinski definition) is 11. The first-order valence-electron chi connectivity index (χ1n) is 17.7. The smallest absolute Gasteiger partial charge is 0.417 e. The van der Waals surface area contributed by atoms with Gasteiger partial charge in [0, 0.05) is 5.75 Å². The fourth-order valence-corrected chi connectivity index (χ4v) is 8.28.